The van der Waals surface area contributed by atoms with E-state index >= 15 is 0 Å². The third kappa shape index (κ3) is 4.40. The smallest absolute Gasteiger partial charge is 0.259 e. The minimum Gasteiger partial charge on any atom is -0.352 e. The van der Waals surface area contributed by atoms with E-state index in [1.54, 1.807) is 21.6 Å². The van der Waals surface area contributed by atoms with Crippen LogP contribution in [0.3, 0.4) is 0 Å². The van der Waals surface area contributed by atoms with Crippen molar-refractivity contribution < 1.29 is 9.59 Å². The monoisotopic (exact) mass is 410 g/mol. The van der Waals surface area contributed by atoms with Gasteiger partial charge in [-0.25, -0.2) is 4.98 Å². The quantitative estimate of drug-likeness (QED) is 0.840. The number of likely N-dealkylation sites (tertiary alicyclic amines) is 1. The number of piperidine rings is 1. The Bertz CT molecular complexity index is 1000. The molecule has 0 radical (unpaired) electrons. The van der Waals surface area contributed by atoms with Gasteiger partial charge in [0.05, 0.1) is 5.39 Å². The standard InChI is InChI=1S/C23H30N4O3/c1-16-10-11-18-21(29)19(23(30)26-12-6-3-7-13-26)14-27(22(18)24-16)15-20(28)25-17-8-4-2-5-9-17/h10-11,14,17H,2-9,12-13,15H2,1H3,(H,25,28). The second-order valence-corrected chi connectivity index (χ2v) is 8.58. The van der Waals surface area contributed by atoms with Gasteiger partial charge in [0.15, 0.2) is 0 Å². The van der Waals surface area contributed by atoms with E-state index in [2.05, 4.69) is 10.3 Å². The van der Waals surface area contributed by atoms with Crippen LogP contribution in [0.25, 0.3) is 11.0 Å². The minimum absolute atomic E-state index is 0.0456. The maximum atomic E-state index is 13.1. The fourth-order valence-electron chi connectivity index (χ4n) is 4.58. The summed E-state index contributed by atoms with van der Waals surface area (Å²) in [7, 11) is 0. The molecule has 2 aromatic heterocycles. The van der Waals surface area contributed by atoms with E-state index in [0.29, 0.717) is 24.1 Å². The van der Waals surface area contributed by atoms with Crippen LogP contribution in [0.1, 0.15) is 67.4 Å². The summed E-state index contributed by atoms with van der Waals surface area (Å²) in [5.74, 6) is -0.352. The Morgan fingerprint density at radius 2 is 1.77 bits per heavy atom. The average molecular weight is 411 g/mol. The van der Waals surface area contributed by atoms with E-state index in [-0.39, 0.29) is 35.4 Å². The van der Waals surface area contributed by atoms with Crippen LogP contribution in [0.2, 0.25) is 0 Å². The molecule has 2 amide bonds. The summed E-state index contributed by atoms with van der Waals surface area (Å²) in [5.41, 5.74) is 1.03. The maximum absolute atomic E-state index is 13.1. The number of rotatable bonds is 4. The van der Waals surface area contributed by atoms with Crippen molar-refractivity contribution in [3.05, 3.63) is 39.8 Å². The lowest BCUT2D eigenvalue weighted by Crippen LogP contribution is -2.40. The zero-order chi connectivity index (χ0) is 21.1. The first kappa shape index (κ1) is 20.6. The maximum Gasteiger partial charge on any atom is 0.259 e. The first-order valence-electron chi connectivity index (χ1n) is 11.1. The van der Waals surface area contributed by atoms with Crippen molar-refractivity contribution >= 4 is 22.8 Å². The normalized spacial score (nSPS) is 17.8. The molecular formula is C23H30N4O3. The van der Waals surface area contributed by atoms with E-state index in [4.69, 9.17) is 0 Å². The summed E-state index contributed by atoms with van der Waals surface area (Å²) in [6.07, 6.45) is 10.1. The molecule has 2 aliphatic rings. The Labute approximate surface area is 176 Å². The summed E-state index contributed by atoms with van der Waals surface area (Å²) in [6, 6.07) is 3.69. The van der Waals surface area contributed by atoms with E-state index in [9.17, 15) is 14.4 Å². The van der Waals surface area contributed by atoms with Crippen LogP contribution in [-0.4, -0.2) is 45.4 Å². The molecule has 7 heteroatoms. The van der Waals surface area contributed by atoms with Crippen LogP contribution in [0.4, 0.5) is 0 Å². The number of fused-ring (bicyclic) bond motifs is 1. The molecule has 0 bridgehead atoms. The third-order valence-electron chi connectivity index (χ3n) is 6.22. The van der Waals surface area contributed by atoms with Gasteiger partial charge < -0.3 is 14.8 Å². The third-order valence-corrected chi connectivity index (χ3v) is 6.22. The van der Waals surface area contributed by atoms with Crippen LogP contribution in [-0.2, 0) is 11.3 Å². The SMILES string of the molecule is Cc1ccc2c(=O)c(C(=O)N3CCCCC3)cn(CC(=O)NC3CCCCC3)c2n1. The molecule has 1 N–H and O–H groups in total. The largest absolute Gasteiger partial charge is 0.352 e. The summed E-state index contributed by atoms with van der Waals surface area (Å²) in [4.78, 5) is 45.2. The summed E-state index contributed by atoms with van der Waals surface area (Å²) < 4.78 is 1.67. The number of pyridine rings is 2. The molecule has 2 aromatic rings. The Hall–Kier alpha value is -2.70. The van der Waals surface area contributed by atoms with Gasteiger partial charge in [0.25, 0.3) is 5.91 Å². The Kier molecular flexibility index (Phi) is 6.16. The molecule has 0 aromatic carbocycles. The van der Waals surface area contributed by atoms with Crippen molar-refractivity contribution in [1.29, 1.82) is 0 Å². The lowest BCUT2D eigenvalue weighted by Gasteiger charge is -2.27. The fourth-order valence-corrected chi connectivity index (χ4v) is 4.58. The van der Waals surface area contributed by atoms with Gasteiger partial charge in [-0.15, -0.1) is 0 Å². The Morgan fingerprint density at radius 3 is 2.50 bits per heavy atom. The molecule has 160 valence electrons. The average Bonchev–Trinajstić information content (AvgIpc) is 2.76. The zero-order valence-corrected chi connectivity index (χ0v) is 17.7. The number of nitrogens with one attached hydrogen (secondary N) is 1. The van der Waals surface area contributed by atoms with Crippen LogP contribution in [0.15, 0.2) is 23.1 Å². The molecule has 1 saturated carbocycles. The van der Waals surface area contributed by atoms with Gasteiger partial charge in [-0.2, -0.15) is 0 Å². The molecule has 1 aliphatic carbocycles. The number of hydrogen-bond donors (Lipinski definition) is 1. The highest BCUT2D eigenvalue weighted by Crippen LogP contribution is 2.18. The Balaban J connectivity index is 1.67. The number of hydrogen-bond acceptors (Lipinski definition) is 4. The second kappa shape index (κ2) is 8.98. The summed E-state index contributed by atoms with van der Waals surface area (Å²) in [5, 5.41) is 3.50. The number of carbonyl (C=O) groups excluding carboxylic acids is 2. The van der Waals surface area contributed by atoms with Crippen LogP contribution in [0.5, 0.6) is 0 Å². The van der Waals surface area contributed by atoms with Gasteiger partial charge in [-0.05, 0) is 51.2 Å². The van der Waals surface area contributed by atoms with Crippen molar-refractivity contribution in [2.24, 2.45) is 0 Å². The van der Waals surface area contributed by atoms with Crippen LogP contribution in [0, 0.1) is 6.92 Å². The highest BCUT2D eigenvalue weighted by molar-refractivity contribution is 5.97. The number of aryl methyl sites for hydroxylation is 1. The van der Waals surface area contributed by atoms with E-state index < -0.39 is 0 Å². The summed E-state index contributed by atoms with van der Waals surface area (Å²) in [6.45, 7) is 3.24. The fraction of sp³-hybridized carbons (Fsp3) is 0.565. The molecule has 0 unspecified atom stereocenters. The topological polar surface area (TPSA) is 84.3 Å². The van der Waals surface area contributed by atoms with Crippen molar-refractivity contribution in [1.82, 2.24) is 19.8 Å². The van der Waals surface area contributed by atoms with Crippen LogP contribution < -0.4 is 10.7 Å². The van der Waals surface area contributed by atoms with Gasteiger partial charge in [0.1, 0.15) is 17.8 Å². The molecule has 1 saturated heterocycles. The predicted octanol–water partition coefficient (Wildman–Crippen LogP) is 2.78. The molecule has 30 heavy (non-hydrogen) atoms. The van der Waals surface area contributed by atoms with Crippen molar-refractivity contribution in [2.75, 3.05) is 13.1 Å². The van der Waals surface area contributed by atoms with Gasteiger partial charge in [0, 0.05) is 31.0 Å². The summed E-state index contributed by atoms with van der Waals surface area (Å²) >= 11 is 0. The highest BCUT2D eigenvalue weighted by Gasteiger charge is 2.24. The van der Waals surface area contributed by atoms with Gasteiger partial charge >= 0.3 is 0 Å². The van der Waals surface area contributed by atoms with Gasteiger partial charge in [0.2, 0.25) is 11.3 Å². The first-order chi connectivity index (χ1) is 14.5. The molecular weight excluding hydrogens is 380 g/mol. The molecule has 0 atom stereocenters. The number of amides is 2. The second-order valence-electron chi connectivity index (χ2n) is 8.58. The number of carbonyl (C=O) groups is 2. The number of nitrogens with zero attached hydrogens (tertiary/aromatic N) is 3. The molecule has 2 fully saturated rings. The van der Waals surface area contributed by atoms with Gasteiger partial charge in [-0.3, -0.25) is 14.4 Å². The molecule has 7 nitrogen and oxygen atoms in total. The first-order valence-corrected chi connectivity index (χ1v) is 11.1. The zero-order valence-electron chi connectivity index (χ0n) is 17.7. The molecule has 1 aliphatic heterocycles. The highest BCUT2D eigenvalue weighted by atomic mass is 16.2. The van der Waals surface area contributed by atoms with Crippen molar-refractivity contribution in [3.63, 3.8) is 0 Å². The van der Waals surface area contributed by atoms with E-state index in [0.717, 1.165) is 50.6 Å². The van der Waals surface area contributed by atoms with E-state index in [1.807, 2.05) is 6.92 Å². The lowest BCUT2D eigenvalue weighted by atomic mass is 9.95. The Morgan fingerprint density at radius 1 is 1.07 bits per heavy atom. The molecule has 3 heterocycles. The van der Waals surface area contributed by atoms with E-state index in [1.165, 1.54) is 12.6 Å². The molecule has 0 spiro atoms. The minimum atomic E-state index is -0.308. The lowest BCUT2D eigenvalue weighted by molar-refractivity contribution is -0.122. The van der Waals surface area contributed by atoms with Crippen LogP contribution >= 0.6 is 0 Å². The molecule has 4 rings (SSSR count). The van der Waals surface area contributed by atoms with Crippen molar-refractivity contribution in [3.8, 4) is 0 Å². The predicted molar refractivity (Wildman–Crippen MR) is 116 cm³/mol. The van der Waals surface area contributed by atoms with Gasteiger partial charge in [-0.1, -0.05) is 19.3 Å². The number of aromatic nitrogens is 2. The van der Waals surface area contributed by atoms with Crippen molar-refractivity contribution in [2.45, 2.75) is 70.9 Å².